The minimum atomic E-state index is -0.878. The van der Waals surface area contributed by atoms with E-state index in [0.717, 1.165) is 17.0 Å². The number of rotatable bonds is 6. The van der Waals surface area contributed by atoms with Gasteiger partial charge in [-0.15, -0.1) is 0 Å². The second kappa shape index (κ2) is 8.35. The molecule has 1 heterocycles. The van der Waals surface area contributed by atoms with E-state index in [9.17, 15) is 34.4 Å². The third kappa shape index (κ3) is 4.04. The van der Waals surface area contributed by atoms with Crippen LogP contribution in [0.5, 0.6) is 5.75 Å². The summed E-state index contributed by atoms with van der Waals surface area (Å²) in [5.41, 5.74) is 0.293. The monoisotopic (exact) mass is 446 g/mol. The summed E-state index contributed by atoms with van der Waals surface area (Å²) in [6.07, 6.45) is 0. The maximum absolute atomic E-state index is 12.8. The van der Waals surface area contributed by atoms with Gasteiger partial charge in [-0.3, -0.25) is 24.5 Å². The molecule has 0 aromatic heterocycles. The zero-order valence-electron chi connectivity index (χ0n) is 16.8. The van der Waals surface area contributed by atoms with Gasteiger partial charge in [0.05, 0.1) is 27.3 Å². The van der Waals surface area contributed by atoms with Crippen molar-refractivity contribution in [1.82, 2.24) is 0 Å². The van der Waals surface area contributed by atoms with Crippen molar-refractivity contribution in [3.8, 4) is 5.75 Å². The van der Waals surface area contributed by atoms with Crippen LogP contribution in [0.2, 0.25) is 0 Å². The third-order valence-corrected chi connectivity index (χ3v) is 4.96. The minimum Gasteiger partial charge on any atom is -0.508 e. The van der Waals surface area contributed by atoms with E-state index < -0.39 is 35.1 Å². The van der Waals surface area contributed by atoms with Gasteiger partial charge < -0.3 is 9.84 Å². The zero-order chi connectivity index (χ0) is 23.7. The quantitative estimate of drug-likeness (QED) is 0.200. The van der Waals surface area contributed by atoms with Gasteiger partial charge in [-0.25, -0.2) is 9.69 Å². The number of anilines is 1. The smallest absolute Gasteiger partial charge is 0.338 e. The Labute approximate surface area is 185 Å². The van der Waals surface area contributed by atoms with Gasteiger partial charge in [0.15, 0.2) is 12.4 Å². The molecule has 0 bridgehead atoms. The number of non-ortho nitro benzene ring substituents is 1. The van der Waals surface area contributed by atoms with Gasteiger partial charge in [-0.2, -0.15) is 0 Å². The molecule has 0 saturated carbocycles. The fraction of sp³-hybridized carbons (Fsp3) is 0.0435. The van der Waals surface area contributed by atoms with E-state index >= 15 is 0 Å². The molecular weight excluding hydrogens is 432 g/mol. The van der Waals surface area contributed by atoms with E-state index in [0.29, 0.717) is 0 Å². The number of nitrogens with zero attached hydrogens (tertiary/aromatic N) is 2. The van der Waals surface area contributed by atoms with Crippen molar-refractivity contribution in [3.63, 3.8) is 0 Å². The molecule has 10 heteroatoms. The Bertz CT molecular complexity index is 1310. The van der Waals surface area contributed by atoms with Crippen LogP contribution in [0, 0.1) is 10.1 Å². The summed E-state index contributed by atoms with van der Waals surface area (Å²) in [7, 11) is 0. The van der Waals surface area contributed by atoms with Gasteiger partial charge in [0.1, 0.15) is 5.75 Å². The maximum Gasteiger partial charge on any atom is 0.338 e. The molecule has 2 amide bonds. The second-order valence-corrected chi connectivity index (χ2v) is 7.03. The first kappa shape index (κ1) is 21.4. The topological polar surface area (TPSA) is 144 Å². The molecule has 164 valence electrons. The number of benzene rings is 3. The Morgan fingerprint density at radius 2 is 1.48 bits per heavy atom. The summed E-state index contributed by atoms with van der Waals surface area (Å²) >= 11 is 0. The van der Waals surface area contributed by atoms with Crippen LogP contribution < -0.4 is 4.90 Å². The van der Waals surface area contributed by atoms with E-state index in [1.165, 1.54) is 54.6 Å². The van der Waals surface area contributed by atoms with Crippen LogP contribution in [0.3, 0.4) is 0 Å². The van der Waals surface area contributed by atoms with Gasteiger partial charge in [-0.1, -0.05) is 0 Å². The summed E-state index contributed by atoms with van der Waals surface area (Å²) in [5.74, 6) is -2.68. The number of carbonyl (C=O) groups excluding carboxylic acids is 4. The van der Waals surface area contributed by atoms with Gasteiger partial charge in [-0.05, 0) is 54.6 Å². The molecule has 10 nitrogen and oxygen atoms in total. The molecule has 33 heavy (non-hydrogen) atoms. The summed E-state index contributed by atoms with van der Waals surface area (Å²) in [6.45, 7) is -0.611. The molecule has 0 atom stereocenters. The van der Waals surface area contributed by atoms with E-state index in [1.54, 1.807) is 0 Å². The van der Waals surface area contributed by atoms with Crippen LogP contribution in [0.1, 0.15) is 41.4 Å². The lowest BCUT2D eigenvalue weighted by Gasteiger charge is -2.13. The van der Waals surface area contributed by atoms with E-state index in [-0.39, 0.29) is 39.4 Å². The molecule has 4 rings (SSSR count). The number of amides is 2. The number of imide groups is 1. The van der Waals surface area contributed by atoms with E-state index in [2.05, 4.69) is 0 Å². The molecular formula is C23H14N2O8. The molecule has 0 radical (unpaired) electrons. The highest BCUT2D eigenvalue weighted by Gasteiger charge is 2.37. The van der Waals surface area contributed by atoms with Crippen molar-refractivity contribution in [1.29, 1.82) is 0 Å². The highest BCUT2D eigenvalue weighted by Crippen LogP contribution is 2.30. The zero-order valence-corrected chi connectivity index (χ0v) is 16.8. The number of hydrogen-bond acceptors (Lipinski definition) is 8. The minimum absolute atomic E-state index is 0.00391. The van der Waals surface area contributed by atoms with Crippen molar-refractivity contribution in [2.24, 2.45) is 0 Å². The lowest BCUT2D eigenvalue weighted by atomic mass is 10.1. The number of carbonyl (C=O) groups is 4. The SMILES string of the molecule is O=C(COC(=O)c1ccc2c(c1)C(=O)N(c1ccc(O)cc1)C2=O)c1ccc([N+](=O)[O-])cc1. The Balaban J connectivity index is 1.47. The number of Topliss-reactive ketones (excluding diaryl/α,β-unsaturated/α-hetero) is 1. The van der Waals surface area contributed by atoms with Crippen molar-refractivity contribution >= 4 is 34.9 Å². The van der Waals surface area contributed by atoms with E-state index in [1.807, 2.05) is 0 Å². The standard InChI is InChI=1S/C23H14N2O8/c26-17-8-6-15(7-9-17)24-21(28)18-10-3-14(11-19(18)22(24)29)23(30)33-12-20(27)13-1-4-16(5-2-13)25(31)32/h1-11,26H,12H2. The molecule has 0 aliphatic carbocycles. The molecule has 0 saturated heterocycles. The number of hydrogen-bond donors (Lipinski definition) is 1. The van der Waals surface area contributed by atoms with Crippen molar-refractivity contribution < 1.29 is 33.9 Å². The lowest BCUT2D eigenvalue weighted by Crippen LogP contribution is -2.29. The first-order valence-electron chi connectivity index (χ1n) is 9.53. The maximum atomic E-state index is 12.8. The molecule has 0 spiro atoms. The molecule has 1 N–H and O–H groups in total. The number of esters is 1. The number of ketones is 1. The average molecular weight is 446 g/mol. The molecule has 1 aliphatic heterocycles. The van der Waals surface area contributed by atoms with Crippen molar-refractivity contribution in [2.45, 2.75) is 0 Å². The highest BCUT2D eigenvalue weighted by molar-refractivity contribution is 6.34. The van der Waals surface area contributed by atoms with E-state index in [4.69, 9.17) is 4.74 Å². The predicted octanol–water partition coefficient (Wildman–Crippen LogP) is 3.14. The van der Waals surface area contributed by atoms with Crippen LogP contribution in [-0.2, 0) is 4.74 Å². The van der Waals surface area contributed by atoms with Gasteiger partial charge in [0.2, 0.25) is 0 Å². The summed E-state index contributed by atoms with van der Waals surface area (Å²) < 4.78 is 5.01. The number of aromatic hydroxyl groups is 1. The van der Waals surface area contributed by atoms with Crippen molar-refractivity contribution in [3.05, 3.63) is 99.1 Å². The number of phenolic OH excluding ortho intramolecular Hbond substituents is 1. The number of nitro benzene ring substituents is 1. The predicted molar refractivity (Wildman–Crippen MR) is 113 cm³/mol. The number of ether oxygens (including phenoxy) is 1. The Morgan fingerprint density at radius 1 is 0.879 bits per heavy atom. The molecule has 1 aliphatic rings. The number of nitro groups is 1. The van der Waals surface area contributed by atoms with Crippen LogP contribution in [0.15, 0.2) is 66.7 Å². The molecule has 0 fully saturated rings. The van der Waals surface area contributed by atoms with Crippen molar-refractivity contribution in [2.75, 3.05) is 11.5 Å². The van der Waals surface area contributed by atoms with Crippen LogP contribution in [0.25, 0.3) is 0 Å². The Hall–Kier alpha value is -4.86. The first-order chi connectivity index (χ1) is 15.8. The summed E-state index contributed by atoms with van der Waals surface area (Å²) in [6, 6.07) is 14.2. The van der Waals surface area contributed by atoms with Crippen LogP contribution in [-0.4, -0.2) is 40.2 Å². The molecule has 3 aromatic carbocycles. The van der Waals surface area contributed by atoms with Gasteiger partial charge in [0.25, 0.3) is 17.5 Å². The fourth-order valence-electron chi connectivity index (χ4n) is 3.27. The van der Waals surface area contributed by atoms with Crippen LogP contribution >= 0.6 is 0 Å². The number of phenols is 1. The Kier molecular flexibility index (Phi) is 5.41. The number of fused-ring (bicyclic) bond motifs is 1. The normalized spacial score (nSPS) is 12.4. The highest BCUT2D eigenvalue weighted by atomic mass is 16.6. The average Bonchev–Trinajstić information content (AvgIpc) is 3.07. The second-order valence-electron chi connectivity index (χ2n) is 7.03. The molecule has 3 aromatic rings. The third-order valence-electron chi connectivity index (χ3n) is 4.96. The van der Waals surface area contributed by atoms with Crippen LogP contribution in [0.4, 0.5) is 11.4 Å². The Morgan fingerprint density at radius 3 is 2.12 bits per heavy atom. The summed E-state index contributed by atoms with van der Waals surface area (Å²) in [4.78, 5) is 61.0. The summed E-state index contributed by atoms with van der Waals surface area (Å²) in [5, 5.41) is 20.1. The fourth-order valence-corrected chi connectivity index (χ4v) is 3.27. The molecule has 0 unspecified atom stereocenters. The van der Waals surface area contributed by atoms with Gasteiger partial charge in [0, 0.05) is 17.7 Å². The largest absolute Gasteiger partial charge is 0.508 e. The first-order valence-corrected chi connectivity index (χ1v) is 9.53. The lowest BCUT2D eigenvalue weighted by molar-refractivity contribution is -0.384. The van der Waals surface area contributed by atoms with Gasteiger partial charge >= 0.3 is 5.97 Å².